The van der Waals surface area contributed by atoms with Crippen LogP contribution in [0.25, 0.3) is 0 Å². The maximum Gasteiger partial charge on any atom is 0.253 e. The van der Waals surface area contributed by atoms with Gasteiger partial charge in [-0.3, -0.25) is 4.79 Å². The highest BCUT2D eigenvalue weighted by Crippen LogP contribution is 2.16. The van der Waals surface area contributed by atoms with Gasteiger partial charge in [-0.2, -0.15) is 0 Å². The van der Waals surface area contributed by atoms with Crippen molar-refractivity contribution < 1.29 is 14.3 Å². The van der Waals surface area contributed by atoms with Gasteiger partial charge in [-0.1, -0.05) is 0 Å². The zero-order valence-electron chi connectivity index (χ0n) is 12.2. The zero-order valence-corrected chi connectivity index (χ0v) is 12.2. The minimum Gasteiger partial charge on any atom is -0.378 e. The average molecular weight is 292 g/mol. The molecule has 1 unspecified atom stereocenters. The summed E-state index contributed by atoms with van der Waals surface area (Å²) in [7, 11) is 0. The summed E-state index contributed by atoms with van der Waals surface area (Å²) in [4.78, 5) is 24.8. The molecule has 0 aromatic carbocycles. The molecule has 2 aliphatic rings. The highest BCUT2D eigenvalue weighted by molar-refractivity contribution is 5.82. The minimum atomic E-state index is -0.424. The first-order valence-electron chi connectivity index (χ1n) is 7.26. The van der Waals surface area contributed by atoms with Gasteiger partial charge in [0.1, 0.15) is 12.1 Å². The summed E-state index contributed by atoms with van der Waals surface area (Å²) in [5, 5.41) is 0. The zero-order chi connectivity index (χ0) is 14.7. The van der Waals surface area contributed by atoms with E-state index >= 15 is 0 Å². The third-order valence-electron chi connectivity index (χ3n) is 3.78. The molecule has 1 aromatic rings. The molecule has 1 atom stereocenters. The van der Waals surface area contributed by atoms with Crippen LogP contribution >= 0.6 is 0 Å². The highest BCUT2D eigenvalue weighted by Gasteiger charge is 2.31. The van der Waals surface area contributed by atoms with E-state index in [9.17, 15) is 4.79 Å². The number of rotatable bonds is 2. The monoisotopic (exact) mass is 292 g/mol. The van der Waals surface area contributed by atoms with Crippen LogP contribution in [0.1, 0.15) is 5.69 Å². The summed E-state index contributed by atoms with van der Waals surface area (Å²) < 4.78 is 10.9. The molecule has 0 aliphatic carbocycles. The molecule has 0 N–H and O–H groups in total. The summed E-state index contributed by atoms with van der Waals surface area (Å²) in [6.45, 7) is 6.24. The van der Waals surface area contributed by atoms with Crippen molar-refractivity contribution in [1.82, 2.24) is 14.9 Å². The Labute approximate surface area is 123 Å². The number of aryl methyl sites for hydroxylation is 1. The standard InChI is InChI=1S/C14H20N4O3/c1-11-8-13(16-10-15-11)18-4-7-21-12(9-18)14(19)17-2-5-20-6-3-17/h8,10,12H,2-7,9H2,1H3. The largest absolute Gasteiger partial charge is 0.378 e. The van der Waals surface area contributed by atoms with Gasteiger partial charge < -0.3 is 19.3 Å². The molecular formula is C14H20N4O3. The molecule has 0 bridgehead atoms. The Morgan fingerprint density at radius 3 is 2.81 bits per heavy atom. The van der Waals surface area contributed by atoms with Crippen LogP contribution < -0.4 is 4.90 Å². The number of morpholine rings is 2. The maximum atomic E-state index is 12.5. The van der Waals surface area contributed by atoms with Gasteiger partial charge in [-0.25, -0.2) is 9.97 Å². The lowest BCUT2D eigenvalue weighted by Gasteiger charge is -2.36. The van der Waals surface area contributed by atoms with E-state index in [1.54, 1.807) is 6.33 Å². The SMILES string of the molecule is Cc1cc(N2CCOC(C(=O)N3CCOCC3)C2)ncn1. The fourth-order valence-electron chi connectivity index (χ4n) is 2.61. The second kappa shape index (κ2) is 6.36. The van der Waals surface area contributed by atoms with E-state index in [1.807, 2.05) is 17.9 Å². The molecule has 2 aliphatic heterocycles. The van der Waals surface area contributed by atoms with E-state index < -0.39 is 6.10 Å². The normalized spacial score (nSPS) is 23.2. The number of hydrogen-bond donors (Lipinski definition) is 0. The molecule has 1 aromatic heterocycles. The van der Waals surface area contributed by atoms with Gasteiger partial charge in [0.2, 0.25) is 0 Å². The number of anilines is 1. The number of hydrogen-bond acceptors (Lipinski definition) is 6. The molecule has 7 nitrogen and oxygen atoms in total. The van der Waals surface area contributed by atoms with Crippen molar-refractivity contribution in [3.63, 3.8) is 0 Å². The number of carbonyl (C=O) groups is 1. The van der Waals surface area contributed by atoms with E-state index in [0.717, 1.165) is 18.1 Å². The van der Waals surface area contributed by atoms with Gasteiger partial charge in [-0.05, 0) is 6.92 Å². The number of ether oxygens (including phenoxy) is 2. The van der Waals surface area contributed by atoms with E-state index in [1.165, 1.54) is 0 Å². The highest BCUT2D eigenvalue weighted by atomic mass is 16.5. The third-order valence-corrected chi connectivity index (χ3v) is 3.78. The van der Waals surface area contributed by atoms with Gasteiger partial charge in [0, 0.05) is 31.4 Å². The molecule has 0 spiro atoms. The fourth-order valence-corrected chi connectivity index (χ4v) is 2.61. The first kappa shape index (κ1) is 14.2. The number of nitrogens with zero attached hydrogens (tertiary/aromatic N) is 4. The Morgan fingerprint density at radius 2 is 2.05 bits per heavy atom. The summed E-state index contributed by atoms with van der Waals surface area (Å²) in [6, 6.07) is 1.93. The van der Waals surface area contributed by atoms with Crippen LogP contribution in [0.5, 0.6) is 0 Å². The molecule has 3 rings (SSSR count). The Bertz CT molecular complexity index is 505. The van der Waals surface area contributed by atoms with Crippen LogP contribution in [-0.4, -0.2) is 72.9 Å². The van der Waals surface area contributed by atoms with Gasteiger partial charge in [0.25, 0.3) is 5.91 Å². The number of aromatic nitrogens is 2. The van der Waals surface area contributed by atoms with Gasteiger partial charge in [0.05, 0.1) is 26.4 Å². The van der Waals surface area contributed by atoms with E-state index in [-0.39, 0.29) is 5.91 Å². The third kappa shape index (κ3) is 3.30. The molecule has 21 heavy (non-hydrogen) atoms. The Balaban J connectivity index is 1.66. The summed E-state index contributed by atoms with van der Waals surface area (Å²) in [5.41, 5.74) is 0.919. The van der Waals surface area contributed by atoms with Crippen molar-refractivity contribution in [2.24, 2.45) is 0 Å². The molecule has 3 heterocycles. The van der Waals surface area contributed by atoms with E-state index in [2.05, 4.69) is 14.9 Å². The van der Waals surface area contributed by atoms with Crippen molar-refractivity contribution in [1.29, 1.82) is 0 Å². The number of amides is 1. The fraction of sp³-hybridized carbons (Fsp3) is 0.643. The first-order chi connectivity index (χ1) is 10.2. The quantitative estimate of drug-likeness (QED) is 0.755. The van der Waals surface area contributed by atoms with Crippen molar-refractivity contribution in [3.05, 3.63) is 18.1 Å². The average Bonchev–Trinajstić information content (AvgIpc) is 2.55. The van der Waals surface area contributed by atoms with Gasteiger partial charge >= 0.3 is 0 Å². The molecule has 2 saturated heterocycles. The Morgan fingerprint density at radius 1 is 1.24 bits per heavy atom. The number of carbonyl (C=O) groups excluding carboxylic acids is 1. The van der Waals surface area contributed by atoms with Crippen molar-refractivity contribution in [2.45, 2.75) is 13.0 Å². The maximum absolute atomic E-state index is 12.5. The van der Waals surface area contributed by atoms with Crippen LogP contribution in [0.15, 0.2) is 12.4 Å². The Hall–Kier alpha value is -1.73. The van der Waals surface area contributed by atoms with Crippen molar-refractivity contribution in [2.75, 3.05) is 50.9 Å². The summed E-state index contributed by atoms with van der Waals surface area (Å²) in [6.07, 6.45) is 1.13. The van der Waals surface area contributed by atoms with Crippen LogP contribution in [-0.2, 0) is 14.3 Å². The van der Waals surface area contributed by atoms with E-state index in [0.29, 0.717) is 39.5 Å². The van der Waals surface area contributed by atoms with Crippen LogP contribution in [0.2, 0.25) is 0 Å². The summed E-state index contributed by atoms with van der Waals surface area (Å²) >= 11 is 0. The van der Waals surface area contributed by atoms with Crippen LogP contribution in [0.3, 0.4) is 0 Å². The Kier molecular flexibility index (Phi) is 4.31. The molecule has 2 fully saturated rings. The van der Waals surface area contributed by atoms with Crippen LogP contribution in [0, 0.1) is 6.92 Å². The lowest BCUT2D eigenvalue weighted by Crippen LogP contribution is -2.53. The molecular weight excluding hydrogens is 272 g/mol. The molecule has 1 amide bonds. The van der Waals surface area contributed by atoms with Crippen LogP contribution in [0.4, 0.5) is 5.82 Å². The smallest absolute Gasteiger partial charge is 0.253 e. The molecule has 114 valence electrons. The predicted octanol–water partition coefficient (Wildman–Crippen LogP) is -0.151. The topological polar surface area (TPSA) is 67.8 Å². The first-order valence-corrected chi connectivity index (χ1v) is 7.26. The molecule has 0 saturated carbocycles. The lowest BCUT2D eigenvalue weighted by molar-refractivity contribution is -0.148. The van der Waals surface area contributed by atoms with Gasteiger partial charge in [0.15, 0.2) is 6.10 Å². The van der Waals surface area contributed by atoms with Crippen molar-refractivity contribution in [3.8, 4) is 0 Å². The molecule has 7 heteroatoms. The second-order valence-corrected chi connectivity index (χ2v) is 5.26. The summed E-state index contributed by atoms with van der Waals surface area (Å²) in [5.74, 6) is 0.902. The predicted molar refractivity (Wildman–Crippen MR) is 76.1 cm³/mol. The van der Waals surface area contributed by atoms with Gasteiger partial charge in [-0.15, -0.1) is 0 Å². The second-order valence-electron chi connectivity index (χ2n) is 5.26. The van der Waals surface area contributed by atoms with E-state index in [4.69, 9.17) is 9.47 Å². The molecule has 0 radical (unpaired) electrons. The minimum absolute atomic E-state index is 0.0498. The van der Waals surface area contributed by atoms with Crippen molar-refractivity contribution >= 4 is 11.7 Å². The lowest BCUT2D eigenvalue weighted by atomic mass is 10.2.